The Balaban J connectivity index is 1.62. The molecule has 1 unspecified atom stereocenters. The summed E-state index contributed by atoms with van der Waals surface area (Å²) >= 11 is 0. The molecule has 8 heteroatoms. The summed E-state index contributed by atoms with van der Waals surface area (Å²) in [5.74, 6) is 1.26. The number of hydrogen-bond donors (Lipinski definition) is 1. The Morgan fingerprint density at radius 1 is 1.15 bits per heavy atom. The van der Waals surface area contributed by atoms with Gasteiger partial charge in [0.15, 0.2) is 5.65 Å². The van der Waals surface area contributed by atoms with Gasteiger partial charge in [0.1, 0.15) is 30.5 Å². The molecule has 1 N–H and O–H groups in total. The van der Waals surface area contributed by atoms with Gasteiger partial charge in [-0.25, -0.2) is 9.97 Å². The maximum Gasteiger partial charge on any atom is 0.164 e. The van der Waals surface area contributed by atoms with Gasteiger partial charge in [-0.15, -0.1) is 0 Å². The zero-order chi connectivity index (χ0) is 23.2. The highest BCUT2D eigenvalue weighted by atomic mass is 31.2. The maximum atomic E-state index is 12.9. The molecule has 1 atom stereocenters. The molecule has 0 bridgehead atoms. The summed E-state index contributed by atoms with van der Waals surface area (Å²) in [5.41, 5.74) is 3.77. The molecule has 2 aliphatic rings. The van der Waals surface area contributed by atoms with Gasteiger partial charge in [0, 0.05) is 29.9 Å². The topological polar surface area (TPSA) is 86.1 Å². The first-order valence-corrected chi connectivity index (χ1v) is 14.4. The molecule has 1 saturated heterocycles. The van der Waals surface area contributed by atoms with Crippen LogP contribution in [0.15, 0.2) is 30.3 Å². The molecule has 1 saturated carbocycles. The molecule has 0 spiro atoms. The van der Waals surface area contributed by atoms with Crippen LogP contribution in [0.5, 0.6) is 0 Å². The van der Waals surface area contributed by atoms with Crippen molar-refractivity contribution in [2.45, 2.75) is 51.7 Å². The number of carbonyl (C=O) groups is 1. The van der Waals surface area contributed by atoms with Crippen molar-refractivity contribution in [2.75, 3.05) is 25.3 Å². The number of aryl methyl sites for hydroxylation is 1. The van der Waals surface area contributed by atoms with E-state index in [1.54, 1.807) is 13.3 Å². The predicted molar refractivity (Wildman–Crippen MR) is 131 cm³/mol. The Morgan fingerprint density at radius 3 is 2.64 bits per heavy atom. The summed E-state index contributed by atoms with van der Waals surface area (Å²) in [5, 5.41) is 4.27. The van der Waals surface area contributed by atoms with Crippen LogP contribution < -0.4 is 10.6 Å². The van der Waals surface area contributed by atoms with Gasteiger partial charge in [-0.2, -0.15) is 0 Å². The highest BCUT2D eigenvalue weighted by molar-refractivity contribution is 7.70. The van der Waals surface area contributed by atoms with E-state index in [0.717, 1.165) is 78.1 Å². The third-order valence-electron chi connectivity index (χ3n) is 6.46. The van der Waals surface area contributed by atoms with Crippen molar-refractivity contribution in [3.8, 4) is 0 Å². The quantitative estimate of drug-likeness (QED) is 0.496. The number of rotatable bonds is 7. The number of anilines is 2. The lowest BCUT2D eigenvalue weighted by Gasteiger charge is -2.25. The molecule has 0 amide bonds. The molecule has 174 valence electrons. The van der Waals surface area contributed by atoms with Gasteiger partial charge >= 0.3 is 0 Å². The second-order valence-electron chi connectivity index (χ2n) is 9.59. The number of carbonyl (C=O) groups excluding carboxylic acids is 1. The van der Waals surface area contributed by atoms with Crippen LogP contribution in [0, 0.1) is 12.8 Å². The van der Waals surface area contributed by atoms with Crippen LogP contribution >= 0.6 is 7.14 Å². The van der Waals surface area contributed by atoms with Gasteiger partial charge in [-0.3, -0.25) is 9.36 Å². The van der Waals surface area contributed by atoms with Crippen LogP contribution in [0.4, 0.5) is 11.4 Å². The Morgan fingerprint density at radius 2 is 1.94 bits per heavy atom. The van der Waals surface area contributed by atoms with Gasteiger partial charge in [0.2, 0.25) is 0 Å². The molecule has 33 heavy (non-hydrogen) atoms. The minimum absolute atomic E-state index is 0.0997. The van der Waals surface area contributed by atoms with Gasteiger partial charge < -0.3 is 14.6 Å². The number of fused-ring (bicyclic) bond motifs is 1. The van der Waals surface area contributed by atoms with Gasteiger partial charge in [-0.05, 0) is 70.6 Å². The lowest BCUT2D eigenvalue weighted by atomic mass is 10.1. The average molecular weight is 467 g/mol. The molecular formula is C25H31N4O3P. The highest BCUT2D eigenvalue weighted by Crippen LogP contribution is 2.39. The molecule has 2 fully saturated rings. The summed E-state index contributed by atoms with van der Waals surface area (Å²) < 4.78 is 21.0. The van der Waals surface area contributed by atoms with Crippen molar-refractivity contribution in [3.63, 3.8) is 0 Å². The number of Topliss-reactive ketones (excluding diaryl/α,β-unsaturated/α-hetero) is 1. The van der Waals surface area contributed by atoms with Crippen molar-refractivity contribution < 1.29 is 14.1 Å². The second kappa shape index (κ2) is 8.69. The van der Waals surface area contributed by atoms with Gasteiger partial charge in [-0.1, -0.05) is 12.1 Å². The van der Waals surface area contributed by atoms with Crippen molar-refractivity contribution >= 4 is 40.8 Å². The number of imidazole rings is 1. The number of pyridine rings is 1. The van der Waals surface area contributed by atoms with E-state index in [2.05, 4.69) is 9.88 Å². The molecule has 1 aromatic carbocycles. The lowest BCUT2D eigenvalue weighted by Crippen LogP contribution is -2.19. The SMILES string of the molecule is Cc1nc2c(Nc3ccccc3P(C)(C)=O)cc(CC(=O)C3CC3)nc2n1C1CCCCO1. The van der Waals surface area contributed by atoms with E-state index < -0.39 is 7.14 Å². The monoisotopic (exact) mass is 466 g/mol. The first kappa shape index (κ1) is 22.3. The third kappa shape index (κ3) is 4.62. The fourth-order valence-corrected chi connectivity index (χ4v) is 5.76. The first-order chi connectivity index (χ1) is 15.8. The standard InChI is InChI=1S/C25H31N4O3P/c1-16-26-24-20(28-19-8-4-5-9-22(19)33(2,3)31)14-18(15-21(30)17-11-12-17)27-25(24)29(16)23-10-6-7-13-32-23/h4-5,8-9,14,17,23H,6-7,10-13,15H2,1-3H3,(H,27,28). The van der Waals surface area contributed by atoms with Crippen molar-refractivity contribution in [2.24, 2.45) is 5.92 Å². The van der Waals surface area contributed by atoms with Crippen molar-refractivity contribution in [1.82, 2.24) is 14.5 Å². The molecule has 3 heterocycles. The number of para-hydroxylation sites is 1. The Bertz CT molecular complexity index is 1250. The minimum atomic E-state index is -2.50. The number of aromatic nitrogens is 3. The van der Waals surface area contributed by atoms with Crippen molar-refractivity contribution in [3.05, 3.63) is 41.9 Å². The number of hydrogen-bond acceptors (Lipinski definition) is 6. The summed E-state index contributed by atoms with van der Waals surface area (Å²) in [7, 11) is -2.50. The van der Waals surface area contributed by atoms with Crippen molar-refractivity contribution in [1.29, 1.82) is 0 Å². The van der Waals surface area contributed by atoms with Crippen LogP contribution in [0.2, 0.25) is 0 Å². The summed E-state index contributed by atoms with van der Waals surface area (Å²) in [6.07, 6.45) is 5.26. The number of nitrogens with zero attached hydrogens (tertiary/aromatic N) is 3. The molecule has 3 aromatic rings. The number of benzene rings is 1. The fraction of sp³-hybridized carbons (Fsp3) is 0.480. The highest BCUT2D eigenvalue weighted by Gasteiger charge is 2.30. The molecule has 1 aliphatic carbocycles. The molecule has 7 nitrogen and oxygen atoms in total. The van der Waals surface area contributed by atoms with Crippen LogP contribution in [0.3, 0.4) is 0 Å². The number of nitrogens with one attached hydrogen (secondary N) is 1. The Labute approximate surface area is 194 Å². The second-order valence-corrected chi connectivity index (χ2v) is 12.8. The molecular weight excluding hydrogens is 435 g/mol. The molecule has 2 aromatic heterocycles. The van der Waals surface area contributed by atoms with Gasteiger partial charge in [0.25, 0.3) is 0 Å². The van der Waals surface area contributed by atoms with E-state index >= 15 is 0 Å². The van der Waals surface area contributed by atoms with E-state index in [1.807, 2.05) is 37.3 Å². The fourth-order valence-electron chi connectivity index (χ4n) is 4.60. The van der Waals surface area contributed by atoms with Crippen LogP contribution in [-0.4, -0.2) is 40.3 Å². The predicted octanol–water partition coefficient (Wildman–Crippen LogP) is 4.95. The number of ketones is 1. The summed E-state index contributed by atoms with van der Waals surface area (Å²) in [6, 6.07) is 9.59. The average Bonchev–Trinajstić information content (AvgIpc) is 3.57. The summed E-state index contributed by atoms with van der Waals surface area (Å²) in [6.45, 7) is 6.24. The van der Waals surface area contributed by atoms with E-state index in [-0.39, 0.29) is 17.9 Å². The van der Waals surface area contributed by atoms with Crippen LogP contribution in [0.25, 0.3) is 11.2 Å². The summed E-state index contributed by atoms with van der Waals surface area (Å²) in [4.78, 5) is 22.4. The van der Waals surface area contributed by atoms with E-state index in [1.165, 1.54) is 0 Å². The van der Waals surface area contributed by atoms with E-state index in [0.29, 0.717) is 6.42 Å². The molecule has 0 radical (unpaired) electrons. The van der Waals surface area contributed by atoms with E-state index in [4.69, 9.17) is 14.7 Å². The first-order valence-electron chi connectivity index (χ1n) is 11.8. The molecule has 1 aliphatic heterocycles. The van der Waals surface area contributed by atoms with Crippen LogP contribution in [-0.2, 0) is 20.5 Å². The smallest absolute Gasteiger partial charge is 0.164 e. The van der Waals surface area contributed by atoms with E-state index in [9.17, 15) is 9.36 Å². The Hall–Kier alpha value is -2.50. The zero-order valence-corrected chi connectivity index (χ0v) is 20.4. The maximum absolute atomic E-state index is 12.9. The minimum Gasteiger partial charge on any atom is -0.358 e. The lowest BCUT2D eigenvalue weighted by molar-refractivity contribution is -0.119. The number of ether oxygens (including phenoxy) is 1. The largest absolute Gasteiger partial charge is 0.358 e. The van der Waals surface area contributed by atoms with Gasteiger partial charge in [0.05, 0.1) is 11.4 Å². The zero-order valence-electron chi connectivity index (χ0n) is 19.5. The molecule has 5 rings (SSSR count). The normalized spacial score (nSPS) is 19.1. The Kier molecular flexibility index (Phi) is 5.87. The van der Waals surface area contributed by atoms with Crippen LogP contribution in [0.1, 0.15) is 49.9 Å². The third-order valence-corrected chi connectivity index (χ3v) is 8.01.